The van der Waals surface area contributed by atoms with E-state index >= 15 is 0 Å². The zero-order valence-electron chi connectivity index (χ0n) is 9.74. The summed E-state index contributed by atoms with van der Waals surface area (Å²) in [6, 6.07) is 9.01. The lowest BCUT2D eigenvalue weighted by Crippen LogP contribution is -2.38. The largest absolute Gasteiger partial charge is 0.529 e. The van der Waals surface area contributed by atoms with E-state index in [-0.39, 0.29) is 21.4 Å². The minimum Gasteiger partial charge on any atom is -0.529 e. The Labute approximate surface area is 135 Å². The van der Waals surface area contributed by atoms with Crippen LogP contribution in [0.1, 0.15) is 0 Å². The molecule has 0 aliphatic carbocycles. The van der Waals surface area contributed by atoms with E-state index in [0.29, 0.717) is 10.0 Å². The minimum absolute atomic E-state index is 0.0694. The molecule has 0 saturated carbocycles. The summed E-state index contributed by atoms with van der Waals surface area (Å²) in [5.74, 6) is 0. The fourth-order valence-electron chi connectivity index (χ4n) is 1.69. The van der Waals surface area contributed by atoms with Gasteiger partial charge in [-0.15, -0.1) is 0 Å². The fourth-order valence-corrected chi connectivity index (χ4v) is 2.86. The van der Waals surface area contributed by atoms with E-state index in [1.54, 1.807) is 18.2 Å². The summed E-state index contributed by atoms with van der Waals surface area (Å²) in [4.78, 5) is 12.3. The van der Waals surface area contributed by atoms with E-state index in [1.807, 2.05) is 0 Å². The van der Waals surface area contributed by atoms with Gasteiger partial charge in [-0.25, -0.2) is 0 Å². The van der Waals surface area contributed by atoms with Gasteiger partial charge in [0.15, 0.2) is 0 Å². The topological polar surface area (TPSA) is 43.4 Å². The van der Waals surface area contributed by atoms with Crippen molar-refractivity contribution < 1.29 is 9.90 Å². The molecular formula is C13H6Cl4NO2-. The Hall–Kier alpha value is -1.13. The second-order valence-electron chi connectivity index (χ2n) is 3.80. The lowest BCUT2D eigenvalue weighted by molar-refractivity contribution is -0.245. The molecule has 0 saturated heterocycles. The monoisotopic (exact) mass is 348 g/mol. The molecule has 0 fully saturated rings. The van der Waals surface area contributed by atoms with Crippen LogP contribution in [0.3, 0.4) is 0 Å². The lowest BCUT2D eigenvalue weighted by atomic mass is 10.2. The molecule has 3 nitrogen and oxygen atoms in total. The number of carbonyl (C=O) groups is 1. The average molecular weight is 350 g/mol. The van der Waals surface area contributed by atoms with Gasteiger partial charge in [-0.2, -0.15) is 0 Å². The van der Waals surface area contributed by atoms with Crippen molar-refractivity contribution in [2.75, 3.05) is 4.90 Å². The van der Waals surface area contributed by atoms with E-state index in [2.05, 4.69) is 0 Å². The summed E-state index contributed by atoms with van der Waals surface area (Å²) in [7, 11) is 0. The maximum Gasteiger partial charge on any atom is 0.146 e. The molecule has 0 aliphatic rings. The van der Waals surface area contributed by atoms with Gasteiger partial charge >= 0.3 is 0 Å². The number of carboxylic acid groups (broad SMARTS) is 1. The Morgan fingerprint density at radius 1 is 0.950 bits per heavy atom. The first kappa shape index (κ1) is 15.3. The van der Waals surface area contributed by atoms with Gasteiger partial charge in [-0.05, 0) is 30.3 Å². The maximum atomic E-state index is 11.4. The SMILES string of the molecule is O=C([O-])N(c1cccc(Cl)c1)c1c(Cl)cc(Cl)cc1Cl. The number of benzene rings is 2. The van der Waals surface area contributed by atoms with Gasteiger partial charge in [0.1, 0.15) is 6.09 Å². The van der Waals surface area contributed by atoms with Crippen LogP contribution in [0.25, 0.3) is 0 Å². The summed E-state index contributed by atoms with van der Waals surface area (Å²) in [6.45, 7) is 0. The molecule has 0 spiro atoms. The molecule has 2 rings (SSSR count). The maximum absolute atomic E-state index is 11.4. The third kappa shape index (κ3) is 3.13. The van der Waals surface area contributed by atoms with Crippen molar-refractivity contribution in [1.82, 2.24) is 0 Å². The lowest BCUT2D eigenvalue weighted by Gasteiger charge is -2.27. The van der Waals surface area contributed by atoms with Crippen LogP contribution in [0.2, 0.25) is 20.1 Å². The zero-order valence-corrected chi connectivity index (χ0v) is 12.8. The highest BCUT2D eigenvalue weighted by Gasteiger charge is 2.18. The van der Waals surface area contributed by atoms with Crippen molar-refractivity contribution >= 4 is 63.9 Å². The molecule has 2 aromatic carbocycles. The molecule has 104 valence electrons. The predicted molar refractivity (Wildman–Crippen MR) is 80.5 cm³/mol. The van der Waals surface area contributed by atoms with Crippen LogP contribution in [0.5, 0.6) is 0 Å². The van der Waals surface area contributed by atoms with E-state index in [4.69, 9.17) is 46.4 Å². The highest BCUT2D eigenvalue weighted by atomic mass is 35.5. The first-order valence-electron chi connectivity index (χ1n) is 5.31. The van der Waals surface area contributed by atoms with E-state index in [0.717, 1.165) is 4.90 Å². The number of halogens is 4. The quantitative estimate of drug-likeness (QED) is 0.782. The van der Waals surface area contributed by atoms with Crippen molar-refractivity contribution in [2.24, 2.45) is 0 Å². The van der Waals surface area contributed by atoms with Crippen LogP contribution >= 0.6 is 46.4 Å². The van der Waals surface area contributed by atoms with Crippen LogP contribution in [0.15, 0.2) is 36.4 Å². The Balaban J connectivity index is 2.64. The second kappa shape index (κ2) is 6.10. The van der Waals surface area contributed by atoms with Crippen LogP contribution in [0, 0.1) is 0 Å². The highest BCUT2D eigenvalue weighted by molar-refractivity contribution is 6.42. The van der Waals surface area contributed by atoms with Crippen LogP contribution in [-0.4, -0.2) is 6.09 Å². The van der Waals surface area contributed by atoms with Gasteiger partial charge < -0.3 is 9.90 Å². The molecule has 7 heteroatoms. The molecule has 1 amide bonds. The third-order valence-corrected chi connectivity index (χ3v) is 3.48. The molecule has 2 aromatic rings. The smallest absolute Gasteiger partial charge is 0.146 e. The normalized spacial score (nSPS) is 10.4. The standard InChI is InChI=1S/C13H7Cl4NO2/c14-7-2-1-3-9(4-7)18(13(19)20)12-10(16)5-8(15)6-11(12)17/h1-6H,(H,19,20)/p-1. The Bertz CT molecular complexity index is 652. The summed E-state index contributed by atoms with van der Waals surface area (Å²) < 4.78 is 0. The summed E-state index contributed by atoms with van der Waals surface area (Å²) >= 11 is 23.7. The summed E-state index contributed by atoms with van der Waals surface area (Å²) in [5, 5.41) is 12.3. The fraction of sp³-hybridized carbons (Fsp3) is 0. The molecule has 0 atom stereocenters. The number of rotatable bonds is 2. The average Bonchev–Trinajstić information content (AvgIpc) is 2.32. The molecule has 0 unspecified atom stereocenters. The van der Waals surface area contributed by atoms with Crippen LogP contribution in [-0.2, 0) is 0 Å². The third-order valence-electron chi connectivity index (χ3n) is 2.45. The first-order valence-corrected chi connectivity index (χ1v) is 6.82. The van der Waals surface area contributed by atoms with Crippen molar-refractivity contribution in [3.05, 3.63) is 56.5 Å². The molecule has 0 aliphatic heterocycles. The minimum atomic E-state index is -1.49. The van der Waals surface area contributed by atoms with Crippen molar-refractivity contribution in [1.29, 1.82) is 0 Å². The first-order chi connectivity index (χ1) is 9.40. The second-order valence-corrected chi connectivity index (χ2v) is 5.49. The number of amides is 1. The van der Waals surface area contributed by atoms with Gasteiger partial charge in [0, 0.05) is 15.7 Å². The van der Waals surface area contributed by atoms with E-state index in [9.17, 15) is 9.90 Å². The van der Waals surface area contributed by atoms with Crippen LogP contribution < -0.4 is 10.0 Å². The van der Waals surface area contributed by atoms with Gasteiger partial charge in [-0.1, -0.05) is 52.5 Å². The molecule has 20 heavy (non-hydrogen) atoms. The van der Waals surface area contributed by atoms with Crippen molar-refractivity contribution in [3.8, 4) is 0 Å². The summed E-state index contributed by atoms with van der Waals surface area (Å²) in [5.41, 5.74) is 0.337. The van der Waals surface area contributed by atoms with Crippen molar-refractivity contribution in [2.45, 2.75) is 0 Å². The number of nitrogens with zero attached hydrogens (tertiary/aromatic N) is 1. The molecular weight excluding hydrogens is 344 g/mol. The van der Waals surface area contributed by atoms with Crippen LogP contribution in [0.4, 0.5) is 16.2 Å². The number of hydrogen-bond donors (Lipinski definition) is 0. The van der Waals surface area contributed by atoms with Gasteiger partial charge in [-0.3, -0.25) is 4.90 Å². The van der Waals surface area contributed by atoms with Gasteiger partial charge in [0.25, 0.3) is 0 Å². The molecule has 0 heterocycles. The molecule has 0 aromatic heterocycles. The number of anilines is 2. The molecule has 0 bridgehead atoms. The number of hydrogen-bond acceptors (Lipinski definition) is 2. The van der Waals surface area contributed by atoms with E-state index < -0.39 is 6.09 Å². The number of carbonyl (C=O) groups excluding carboxylic acids is 1. The van der Waals surface area contributed by atoms with Gasteiger partial charge in [0.2, 0.25) is 0 Å². The Kier molecular flexibility index (Phi) is 4.66. The Morgan fingerprint density at radius 3 is 2.05 bits per heavy atom. The molecule has 0 radical (unpaired) electrons. The Morgan fingerprint density at radius 2 is 1.55 bits per heavy atom. The van der Waals surface area contributed by atoms with Gasteiger partial charge in [0.05, 0.1) is 15.7 Å². The van der Waals surface area contributed by atoms with E-state index in [1.165, 1.54) is 18.2 Å². The zero-order chi connectivity index (χ0) is 14.9. The van der Waals surface area contributed by atoms with Crippen molar-refractivity contribution in [3.63, 3.8) is 0 Å². The molecule has 0 N–H and O–H groups in total. The summed E-state index contributed by atoms with van der Waals surface area (Å²) in [6.07, 6.45) is -1.49. The predicted octanol–water partition coefficient (Wildman–Crippen LogP) is 4.78. The highest BCUT2D eigenvalue weighted by Crippen LogP contribution is 2.40.